The van der Waals surface area contributed by atoms with Crippen molar-refractivity contribution in [1.29, 1.82) is 0 Å². The highest BCUT2D eigenvalue weighted by Crippen LogP contribution is 2.22. The molecular weight excluding hydrogens is 230 g/mol. The number of benzene rings is 1. The van der Waals surface area contributed by atoms with Crippen LogP contribution in [0.25, 0.3) is 5.57 Å². The molecule has 0 spiro atoms. The van der Waals surface area contributed by atoms with E-state index in [9.17, 15) is 9.59 Å². The lowest BCUT2D eigenvalue weighted by molar-refractivity contribution is -0.140. The largest absolute Gasteiger partial charge is 0.469 e. The first-order valence-electron chi connectivity index (χ1n) is 5.84. The zero-order chi connectivity index (χ0) is 13.0. The number of methoxy groups -OCH3 is 1. The summed E-state index contributed by atoms with van der Waals surface area (Å²) in [5.74, 6) is -0.285. The average molecular weight is 245 g/mol. The minimum absolute atomic E-state index is 0.0622. The predicted octanol–water partition coefficient (Wildman–Crippen LogP) is 1.31. The van der Waals surface area contributed by atoms with E-state index in [0.717, 1.165) is 16.7 Å². The standard InChI is InChI=1S/C14H15NO3/c1-18-14(17)7-6-10-4-2-3-5-12(10)11-8-13(16)15-9-11/h2-5,8H,6-7,9H2,1H3,(H,15,16). The molecule has 0 saturated heterocycles. The van der Waals surface area contributed by atoms with E-state index in [2.05, 4.69) is 10.1 Å². The fraction of sp³-hybridized carbons (Fsp3) is 0.286. The van der Waals surface area contributed by atoms with Crippen molar-refractivity contribution in [3.63, 3.8) is 0 Å². The molecule has 2 rings (SSSR count). The van der Waals surface area contributed by atoms with Crippen LogP contribution in [0.1, 0.15) is 17.5 Å². The number of rotatable bonds is 4. The van der Waals surface area contributed by atoms with Crippen molar-refractivity contribution < 1.29 is 14.3 Å². The SMILES string of the molecule is COC(=O)CCc1ccccc1C1=CC(=O)NC1. The summed E-state index contributed by atoms with van der Waals surface area (Å²) in [5.41, 5.74) is 3.06. The van der Waals surface area contributed by atoms with Crippen molar-refractivity contribution in [1.82, 2.24) is 5.32 Å². The number of carbonyl (C=O) groups excluding carboxylic acids is 2. The number of amides is 1. The van der Waals surface area contributed by atoms with E-state index in [4.69, 9.17) is 0 Å². The van der Waals surface area contributed by atoms with Crippen LogP contribution in [0.2, 0.25) is 0 Å². The molecule has 0 radical (unpaired) electrons. The molecule has 0 aliphatic carbocycles. The Balaban J connectivity index is 2.18. The van der Waals surface area contributed by atoms with Crippen molar-refractivity contribution in [3.8, 4) is 0 Å². The van der Waals surface area contributed by atoms with Crippen LogP contribution in [0.5, 0.6) is 0 Å². The summed E-state index contributed by atoms with van der Waals surface area (Å²) in [4.78, 5) is 22.4. The summed E-state index contributed by atoms with van der Waals surface area (Å²) in [6, 6.07) is 7.81. The van der Waals surface area contributed by atoms with Gasteiger partial charge in [0.2, 0.25) is 5.91 Å². The molecule has 4 nitrogen and oxygen atoms in total. The zero-order valence-electron chi connectivity index (χ0n) is 10.2. The van der Waals surface area contributed by atoms with Crippen LogP contribution in [0.15, 0.2) is 30.3 Å². The van der Waals surface area contributed by atoms with Gasteiger partial charge in [-0.1, -0.05) is 24.3 Å². The molecule has 0 aromatic heterocycles. The fourth-order valence-corrected chi connectivity index (χ4v) is 2.01. The predicted molar refractivity (Wildman–Crippen MR) is 67.8 cm³/mol. The van der Waals surface area contributed by atoms with E-state index in [1.54, 1.807) is 6.08 Å². The normalized spacial score (nSPS) is 14.1. The third-order valence-electron chi connectivity index (χ3n) is 2.95. The van der Waals surface area contributed by atoms with Crippen molar-refractivity contribution in [3.05, 3.63) is 41.5 Å². The lowest BCUT2D eigenvalue weighted by Gasteiger charge is -2.09. The quantitative estimate of drug-likeness (QED) is 0.814. The number of hydrogen-bond acceptors (Lipinski definition) is 3. The van der Waals surface area contributed by atoms with Gasteiger partial charge in [-0.05, 0) is 23.1 Å². The van der Waals surface area contributed by atoms with Gasteiger partial charge in [-0.3, -0.25) is 9.59 Å². The second-order valence-electron chi connectivity index (χ2n) is 4.12. The van der Waals surface area contributed by atoms with Crippen LogP contribution in [0, 0.1) is 0 Å². The monoisotopic (exact) mass is 245 g/mol. The molecule has 1 aromatic rings. The van der Waals surface area contributed by atoms with Gasteiger partial charge in [-0.15, -0.1) is 0 Å². The number of ether oxygens (including phenoxy) is 1. The molecule has 1 aromatic carbocycles. The summed E-state index contributed by atoms with van der Waals surface area (Å²) in [5, 5.41) is 2.75. The van der Waals surface area contributed by atoms with Gasteiger partial charge >= 0.3 is 5.97 Å². The van der Waals surface area contributed by atoms with Gasteiger partial charge in [0.05, 0.1) is 7.11 Å². The molecule has 0 fully saturated rings. The Morgan fingerprint density at radius 3 is 2.83 bits per heavy atom. The van der Waals surface area contributed by atoms with E-state index in [-0.39, 0.29) is 11.9 Å². The maximum Gasteiger partial charge on any atom is 0.305 e. The van der Waals surface area contributed by atoms with Crippen molar-refractivity contribution in [2.75, 3.05) is 13.7 Å². The van der Waals surface area contributed by atoms with Crippen LogP contribution in [-0.2, 0) is 20.7 Å². The maximum absolute atomic E-state index is 11.2. The van der Waals surface area contributed by atoms with E-state index in [1.165, 1.54) is 7.11 Å². The molecule has 1 aliphatic heterocycles. The Labute approximate surface area is 106 Å². The molecule has 0 atom stereocenters. The Kier molecular flexibility index (Phi) is 3.77. The highest BCUT2D eigenvalue weighted by Gasteiger charge is 2.15. The second-order valence-corrected chi connectivity index (χ2v) is 4.12. The lowest BCUT2D eigenvalue weighted by atomic mass is 9.97. The maximum atomic E-state index is 11.2. The van der Waals surface area contributed by atoms with Gasteiger partial charge in [0.1, 0.15) is 0 Å². The van der Waals surface area contributed by atoms with E-state index >= 15 is 0 Å². The Morgan fingerprint density at radius 2 is 2.17 bits per heavy atom. The number of nitrogens with one attached hydrogen (secondary N) is 1. The third-order valence-corrected chi connectivity index (χ3v) is 2.95. The average Bonchev–Trinajstić information content (AvgIpc) is 2.83. The van der Waals surface area contributed by atoms with Crippen LogP contribution in [0.4, 0.5) is 0 Å². The first-order valence-corrected chi connectivity index (χ1v) is 5.84. The minimum Gasteiger partial charge on any atom is -0.469 e. The van der Waals surface area contributed by atoms with Crippen molar-refractivity contribution >= 4 is 17.4 Å². The van der Waals surface area contributed by atoms with Crippen LogP contribution < -0.4 is 5.32 Å². The topological polar surface area (TPSA) is 55.4 Å². The molecule has 18 heavy (non-hydrogen) atoms. The van der Waals surface area contributed by atoms with Crippen LogP contribution >= 0.6 is 0 Å². The Hall–Kier alpha value is -2.10. The Morgan fingerprint density at radius 1 is 1.39 bits per heavy atom. The molecule has 0 saturated carbocycles. The molecule has 0 bridgehead atoms. The van der Waals surface area contributed by atoms with Gasteiger partial charge in [-0.25, -0.2) is 0 Å². The summed E-state index contributed by atoms with van der Waals surface area (Å²) in [6.07, 6.45) is 2.58. The number of carbonyl (C=O) groups is 2. The van der Waals surface area contributed by atoms with E-state index in [1.807, 2.05) is 24.3 Å². The van der Waals surface area contributed by atoms with Gasteiger partial charge in [0, 0.05) is 19.0 Å². The van der Waals surface area contributed by atoms with Gasteiger partial charge in [0.15, 0.2) is 0 Å². The number of hydrogen-bond donors (Lipinski definition) is 1. The smallest absolute Gasteiger partial charge is 0.305 e. The fourth-order valence-electron chi connectivity index (χ4n) is 2.01. The van der Waals surface area contributed by atoms with E-state index < -0.39 is 0 Å². The van der Waals surface area contributed by atoms with E-state index in [0.29, 0.717) is 19.4 Å². The first kappa shape index (κ1) is 12.4. The molecule has 1 amide bonds. The molecule has 4 heteroatoms. The number of aryl methyl sites for hydroxylation is 1. The van der Waals surface area contributed by atoms with Crippen LogP contribution in [-0.4, -0.2) is 25.5 Å². The highest BCUT2D eigenvalue weighted by atomic mass is 16.5. The Bertz CT molecular complexity index is 506. The van der Waals surface area contributed by atoms with Crippen molar-refractivity contribution in [2.45, 2.75) is 12.8 Å². The molecule has 1 aliphatic rings. The minimum atomic E-state index is -0.223. The summed E-state index contributed by atoms with van der Waals surface area (Å²) < 4.78 is 4.63. The molecule has 1 heterocycles. The van der Waals surface area contributed by atoms with Crippen molar-refractivity contribution in [2.24, 2.45) is 0 Å². The molecule has 0 unspecified atom stereocenters. The summed E-state index contributed by atoms with van der Waals surface area (Å²) in [7, 11) is 1.39. The van der Waals surface area contributed by atoms with Gasteiger partial charge in [0.25, 0.3) is 0 Å². The second kappa shape index (κ2) is 5.49. The number of esters is 1. The zero-order valence-corrected chi connectivity index (χ0v) is 10.2. The van der Waals surface area contributed by atoms with Gasteiger partial charge in [-0.2, -0.15) is 0 Å². The summed E-state index contributed by atoms with van der Waals surface area (Å²) >= 11 is 0. The third kappa shape index (κ3) is 2.77. The molecule has 1 N–H and O–H groups in total. The highest BCUT2D eigenvalue weighted by molar-refractivity contribution is 6.00. The van der Waals surface area contributed by atoms with Gasteiger partial charge < -0.3 is 10.1 Å². The summed E-state index contributed by atoms with van der Waals surface area (Å²) in [6.45, 7) is 0.550. The van der Waals surface area contributed by atoms with Crippen LogP contribution in [0.3, 0.4) is 0 Å². The molecular formula is C14H15NO3. The lowest BCUT2D eigenvalue weighted by Crippen LogP contribution is -2.15. The first-order chi connectivity index (χ1) is 8.70. The molecule has 94 valence electrons.